The van der Waals surface area contributed by atoms with E-state index in [1.165, 1.54) is 12.8 Å². The summed E-state index contributed by atoms with van der Waals surface area (Å²) in [7, 11) is 0. The van der Waals surface area contributed by atoms with Gasteiger partial charge in [-0.15, -0.1) is 0 Å². The van der Waals surface area contributed by atoms with Crippen LogP contribution in [0, 0.1) is 11.8 Å². The summed E-state index contributed by atoms with van der Waals surface area (Å²) in [6, 6.07) is 0. The lowest BCUT2D eigenvalue weighted by Gasteiger charge is -2.30. The molecule has 15 heavy (non-hydrogen) atoms. The summed E-state index contributed by atoms with van der Waals surface area (Å²) < 4.78 is 0. The highest BCUT2D eigenvalue weighted by Gasteiger charge is 2.27. The Morgan fingerprint density at radius 3 is 2.27 bits per heavy atom. The molecule has 1 rings (SSSR count). The molecule has 0 unspecified atom stereocenters. The molecule has 0 aromatic carbocycles. The standard InChI is InChI=1S/C13H25NO/c1-5-13(3,4)14-12(15)11-8-6-10(2)7-9-11/h10-11H,5-9H2,1-4H3,(H,14,15)/t10-,11+. The smallest absolute Gasteiger partial charge is 0.223 e. The molecule has 1 fully saturated rings. The summed E-state index contributed by atoms with van der Waals surface area (Å²) in [6.07, 6.45) is 5.57. The lowest BCUT2D eigenvalue weighted by molar-refractivity contribution is -0.127. The van der Waals surface area contributed by atoms with E-state index in [1.807, 2.05) is 0 Å². The first-order valence-electron chi connectivity index (χ1n) is 6.26. The molecular formula is C13H25NO. The third-order valence-electron chi connectivity index (χ3n) is 3.73. The highest BCUT2D eigenvalue weighted by molar-refractivity contribution is 5.79. The fraction of sp³-hybridized carbons (Fsp3) is 0.923. The number of nitrogens with one attached hydrogen (secondary N) is 1. The summed E-state index contributed by atoms with van der Waals surface area (Å²) in [5.74, 6) is 1.36. The van der Waals surface area contributed by atoms with Crippen molar-refractivity contribution in [2.75, 3.05) is 0 Å². The molecule has 1 saturated carbocycles. The van der Waals surface area contributed by atoms with Crippen LogP contribution in [0.1, 0.15) is 59.8 Å². The van der Waals surface area contributed by atoms with Crippen molar-refractivity contribution < 1.29 is 4.79 Å². The summed E-state index contributed by atoms with van der Waals surface area (Å²) in [6.45, 7) is 8.58. The van der Waals surface area contributed by atoms with Crippen LogP contribution in [0.4, 0.5) is 0 Å². The van der Waals surface area contributed by atoms with Crippen molar-refractivity contribution in [2.45, 2.75) is 65.3 Å². The number of amides is 1. The van der Waals surface area contributed by atoms with Crippen molar-refractivity contribution in [3.63, 3.8) is 0 Å². The number of carbonyl (C=O) groups excluding carboxylic acids is 1. The fourth-order valence-corrected chi connectivity index (χ4v) is 2.05. The molecule has 0 radical (unpaired) electrons. The summed E-state index contributed by atoms with van der Waals surface area (Å²) >= 11 is 0. The minimum absolute atomic E-state index is 0.0415. The molecule has 1 aliphatic carbocycles. The lowest BCUT2D eigenvalue weighted by atomic mass is 9.82. The SMILES string of the molecule is CCC(C)(C)NC(=O)[C@H]1CC[C@@H](C)CC1. The zero-order valence-electron chi connectivity index (χ0n) is 10.6. The number of carbonyl (C=O) groups is 1. The van der Waals surface area contributed by atoms with Crippen LogP contribution in [0.25, 0.3) is 0 Å². The van der Waals surface area contributed by atoms with Crippen molar-refractivity contribution in [3.05, 3.63) is 0 Å². The molecule has 2 nitrogen and oxygen atoms in total. The van der Waals surface area contributed by atoms with E-state index in [1.54, 1.807) is 0 Å². The first-order chi connectivity index (χ1) is 6.94. The zero-order valence-corrected chi connectivity index (χ0v) is 10.6. The van der Waals surface area contributed by atoms with Crippen LogP contribution in [0.15, 0.2) is 0 Å². The fourth-order valence-electron chi connectivity index (χ4n) is 2.05. The second-order valence-electron chi connectivity index (χ2n) is 5.68. The summed E-state index contributed by atoms with van der Waals surface area (Å²) in [5.41, 5.74) is -0.0415. The molecule has 88 valence electrons. The van der Waals surface area contributed by atoms with Crippen molar-refractivity contribution in [2.24, 2.45) is 11.8 Å². The topological polar surface area (TPSA) is 29.1 Å². The van der Waals surface area contributed by atoms with Gasteiger partial charge in [0.25, 0.3) is 0 Å². The molecule has 0 bridgehead atoms. The van der Waals surface area contributed by atoms with Gasteiger partial charge in [0.05, 0.1) is 0 Å². The minimum atomic E-state index is -0.0415. The van der Waals surface area contributed by atoms with E-state index >= 15 is 0 Å². The van der Waals surface area contributed by atoms with Crippen LogP contribution in [0.2, 0.25) is 0 Å². The van der Waals surface area contributed by atoms with Crippen LogP contribution >= 0.6 is 0 Å². The molecule has 1 N–H and O–H groups in total. The number of hydrogen-bond acceptors (Lipinski definition) is 1. The second kappa shape index (κ2) is 5.00. The van der Waals surface area contributed by atoms with Gasteiger partial charge in [-0.3, -0.25) is 4.79 Å². The normalized spacial score (nSPS) is 27.5. The molecule has 0 aromatic rings. The highest BCUT2D eigenvalue weighted by Crippen LogP contribution is 2.28. The maximum atomic E-state index is 12.0. The largest absolute Gasteiger partial charge is 0.351 e. The Hall–Kier alpha value is -0.530. The van der Waals surface area contributed by atoms with Gasteiger partial charge >= 0.3 is 0 Å². The third kappa shape index (κ3) is 3.84. The average Bonchev–Trinajstić information content (AvgIpc) is 2.18. The predicted octanol–water partition coefficient (Wildman–Crippen LogP) is 3.12. The van der Waals surface area contributed by atoms with Gasteiger partial charge in [0.1, 0.15) is 0 Å². The van der Waals surface area contributed by atoms with Crippen molar-refractivity contribution in [3.8, 4) is 0 Å². The zero-order chi connectivity index (χ0) is 11.5. The van der Waals surface area contributed by atoms with E-state index in [2.05, 4.69) is 33.0 Å². The molecule has 0 spiro atoms. The molecule has 0 aromatic heterocycles. The molecule has 1 aliphatic rings. The van der Waals surface area contributed by atoms with Crippen LogP contribution < -0.4 is 5.32 Å². The average molecular weight is 211 g/mol. The first kappa shape index (κ1) is 12.5. The first-order valence-corrected chi connectivity index (χ1v) is 6.26. The van der Waals surface area contributed by atoms with Gasteiger partial charge < -0.3 is 5.32 Å². The van der Waals surface area contributed by atoms with E-state index in [0.29, 0.717) is 0 Å². The van der Waals surface area contributed by atoms with Gasteiger partial charge in [0.15, 0.2) is 0 Å². The summed E-state index contributed by atoms with van der Waals surface area (Å²) in [4.78, 5) is 12.0. The molecule has 0 saturated heterocycles. The van der Waals surface area contributed by atoms with Crippen LogP contribution in [-0.2, 0) is 4.79 Å². The van der Waals surface area contributed by atoms with Crippen molar-refractivity contribution >= 4 is 5.91 Å². The van der Waals surface area contributed by atoms with Gasteiger partial charge in [-0.2, -0.15) is 0 Å². The van der Waals surface area contributed by atoms with Gasteiger partial charge in [-0.1, -0.05) is 13.8 Å². The quantitative estimate of drug-likeness (QED) is 0.763. The Kier molecular flexibility index (Phi) is 4.18. The minimum Gasteiger partial charge on any atom is -0.351 e. The van der Waals surface area contributed by atoms with E-state index in [-0.39, 0.29) is 17.4 Å². The third-order valence-corrected chi connectivity index (χ3v) is 3.73. The van der Waals surface area contributed by atoms with Gasteiger partial charge in [0, 0.05) is 11.5 Å². The van der Waals surface area contributed by atoms with Gasteiger partial charge in [0.2, 0.25) is 5.91 Å². The van der Waals surface area contributed by atoms with E-state index in [9.17, 15) is 4.79 Å². The van der Waals surface area contributed by atoms with Gasteiger partial charge in [-0.25, -0.2) is 0 Å². The lowest BCUT2D eigenvalue weighted by Crippen LogP contribution is -2.46. The molecule has 1 amide bonds. The van der Waals surface area contributed by atoms with E-state index in [4.69, 9.17) is 0 Å². The van der Waals surface area contributed by atoms with E-state index < -0.39 is 0 Å². The summed E-state index contributed by atoms with van der Waals surface area (Å²) in [5, 5.41) is 3.15. The Morgan fingerprint density at radius 2 is 1.80 bits per heavy atom. The number of hydrogen-bond donors (Lipinski definition) is 1. The van der Waals surface area contributed by atoms with Crippen molar-refractivity contribution in [1.82, 2.24) is 5.32 Å². The highest BCUT2D eigenvalue weighted by atomic mass is 16.2. The van der Waals surface area contributed by atoms with Crippen LogP contribution in [0.5, 0.6) is 0 Å². The van der Waals surface area contributed by atoms with Crippen molar-refractivity contribution in [1.29, 1.82) is 0 Å². The monoisotopic (exact) mass is 211 g/mol. The van der Waals surface area contributed by atoms with Crippen LogP contribution in [-0.4, -0.2) is 11.4 Å². The molecule has 0 heterocycles. The Bertz CT molecular complexity index is 215. The Labute approximate surface area is 93.8 Å². The van der Waals surface area contributed by atoms with Crippen LogP contribution in [0.3, 0.4) is 0 Å². The molecule has 0 aliphatic heterocycles. The Balaban J connectivity index is 2.41. The maximum Gasteiger partial charge on any atom is 0.223 e. The second-order valence-corrected chi connectivity index (χ2v) is 5.68. The number of rotatable bonds is 3. The molecule has 0 atom stereocenters. The molecule has 2 heteroatoms. The van der Waals surface area contributed by atoms with E-state index in [0.717, 1.165) is 25.2 Å². The molecular weight excluding hydrogens is 186 g/mol. The Morgan fingerprint density at radius 1 is 1.27 bits per heavy atom. The van der Waals surface area contributed by atoms with Gasteiger partial charge in [-0.05, 0) is 51.9 Å². The maximum absolute atomic E-state index is 12.0. The predicted molar refractivity (Wildman–Crippen MR) is 63.6 cm³/mol.